The van der Waals surface area contributed by atoms with Crippen molar-refractivity contribution in [2.24, 2.45) is 0 Å². The van der Waals surface area contributed by atoms with Crippen LogP contribution >= 0.6 is 0 Å². The first kappa shape index (κ1) is 12.0. The molecular weight excluding hydrogens is 169 g/mol. The average Bonchev–Trinajstić information content (AvgIpc) is 2.01. The van der Waals surface area contributed by atoms with Gasteiger partial charge < -0.3 is 4.74 Å². The molecule has 0 radical (unpaired) electrons. The van der Waals surface area contributed by atoms with Gasteiger partial charge in [-0.05, 0) is 26.8 Å². The lowest BCUT2D eigenvalue weighted by Crippen LogP contribution is -2.14. The zero-order valence-corrected chi connectivity index (χ0v) is 8.43. The average molecular weight is 185 g/mol. The van der Waals surface area contributed by atoms with E-state index in [0.29, 0.717) is 18.8 Å². The van der Waals surface area contributed by atoms with E-state index in [9.17, 15) is 4.39 Å². The van der Waals surface area contributed by atoms with Gasteiger partial charge in [-0.25, -0.2) is 4.39 Å². The molecule has 0 aromatic heterocycles. The Morgan fingerprint density at radius 1 is 1.62 bits per heavy atom. The van der Waals surface area contributed by atoms with Gasteiger partial charge >= 0.3 is 0 Å². The summed E-state index contributed by atoms with van der Waals surface area (Å²) in [5.41, 5.74) is -1.26. The van der Waals surface area contributed by atoms with Gasteiger partial charge in [-0.1, -0.05) is 0 Å². The quantitative estimate of drug-likeness (QED) is 0.487. The first-order valence-corrected chi connectivity index (χ1v) is 4.33. The zero-order chi connectivity index (χ0) is 10.3. The van der Waals surface area contributed by atoms with Crippen molar-refractivity contribution in [1.82, 2.24) is 0 Å². The summed E-state index contributed by atoms with van der Waals surface area (Å²) >= 11 is 0. The summed E-state index contributed by atoms with van der Waals surface area (Å²) in [6, 6.07) is 1.96. The third-order valence-electron chi connectivity index (χ3n) is 1.42. The molecule has 0 aliphatic heterocycles. The second kappa shape index (κ2) is 5.58. The number of ether oxygens (including phenoxy) is 1. The first-order valence-electron chi connectivity index (χ1n) is 4.33. The molecule has 0 spiro atoms. The predicted molar refractivity (Wildman–Crippen MR) is 49.7 cm³/mol. The Bertz CT molecular complexity index is 210. The van der Waals surface area contributed by atoms with Crippen LogP contribution in [0.3, 0.4) is 0 Å². The van der Waals surface area contributed by atoms with E-state index in [2.05, 4.69) is 0 Å². The Labute approximate surface area is 79.0 Å². The van der Waals surface area contributed by atoms with Crippen molar-refractivity contribution in [3.63, 3.8) is 0 Å². The Morgan fingerprint density at radius 3 is 2.62 bits per heavy atom. The molecule has 0 atom stereocenters. The van der Waals surface area contributed by atoms with E-state index in [-0.39, 0.29) is 6.42 Å². The van der Waals surface area contributed by atoms with Gasteiger partial charge in [-0.15, -0.1) is 0 Å². The SMILES string of the molecule is C/C=C(/CC(C)(C)F)OCCC#N. The highest BCUT2D eigenvalue weighted by atomic mass is 19.1. The van der Waals surface area contributed by atoms with Gasteiger partial charge in [0.05, 0.1) is 18.2 Å². The molecule has 2 nitrogen and oxygen atoms in total. The normalized spacial score (nSPS) is 12.4. The molecule has 0 aromatic rings. The molecule has 0 aromatic carbocycles. The van der Waals surface area contributed by atoms with Crippen LogP contribution in [0.25, 0.3) is 0 Å². The van der Waals surface area contributed by atoms with Crippen molar-refractivity contribution in [2.75, 3.05) is 6.61 Å². The van der Waals surface area contributed by atoms with Crippen LogP contribution in [0.4, 0.5) is 4.39 Å². The number of allylic oxidation sites excluding steroid dienone is 2. The standard InChI is InChI=1S/C10H16FNO/c1-4-9(8-10(2,3)11)13-7-5-6-12/h4H,5,7-8H2,1-3H3/b9-4-. The third-order valence-corrected chi connectivity index (χ3v) is 1.42. The van der Waals surface area contributed by atoms with Gasteiger partial charge in [0.15, 0.2) is 0 Å². The lowest BCUT2D eigenvalue weighted by molar-refractivity contribution is 0.146. The monoisotopic (exact) mass is 185 g/mol. The third kappa shape index (κ3) is 7.32. The minimum Gasteiger partial charge on any atom is -0.497 e. The molecule has 0 rings (SSSR count). The molecule has 0 saturated heterocycles. The van der Waals surface area contributed by atoms with Crippen molar-refractivity contribution in [2.45, 2.75) is 39.3 Å². The van der Waals surface area contributed by atoms with Crippen LogP contribution in [-0.4, -0.2) is 12.3 Å². The van der Waals surface area contributed by atoms with Crippen molar-refractivity contribution in [3.05, 3.63) is 11.8 Å². The predicted octanol–water partition coefficient (Wildman–Crippen LogP) is 2.96. The van der Waals surface area contributed by atoms with E-state index < -0.39 is 5.67 Å². The molecule has 0 fully saturated rings. The van der Waals surface area contributed by atoms with Crippen LogP contribution < -0.4 is 0 Å². The number of hydrogen-bond acceptors (Lipinski definition) is 2. The number of hydrogen-bond donors (Lipinski definition) is 0. The van der Waals surface area contributed by atoms with E-state index in [1.807, 2.05) is 6.07 Å². The molecule has 0 heterocycles. The van der Waals surface area contributed by atoms with E-state index in [4.69, 9.17) is 10.00 Å². The summed E-state index contributed by atoms with van der Waals surface area (Å²) in [7, 11) is 0. The summed E-state index contributed by atoms with van der Waals surface area (Å²) < 4.78 is 18.4. The van der Waals surface area contributed by atoms with Crippen LogP contribution in [0, 0.1) is 11.3 Å². The molecule has 0 saturated carbocycles. The Kier molecular flexibility index (Phi) is 5.13. The molecule has 0 N–H and O–H groups in total. The van der Waals surface area contributed by atoms with Crippen molar-refractivity contribution >= 4 is 0 Å². The Morgan fingerprint density at radius 2 is 2.23 bits per heavy atom. The van der Waals surface area contributed by atoms with Gasteiger partial charge in [0, 0.05) is 6.42 Å². The van der Waals surface area contributed by atoms with Gasteiger partial charge in [0.25, 0.3) is 0 Å². The number of halogens is 1. The fourth-order valence-electron chi connectivity index (χ4n) is 0.879. The topological polar surface area (TPSA) is 33.0 Å². The molecular formula is C10H16FNO. The minimum atomic E-state index is -1.26. The Hall–Kier alpha value is -1.04. The fourth-order valence-corrected chi connectivity index (χ4v) is 0.879. The fraction of sp³-hybridized carbons (Fsp3) is 0.700. The molecule has 74 valence electrons. The van der Waals surface area contributed by atoms with Crippen LogP contribution in [0.5, 0.6) is 0 Å². The largest absolute Gasteiger partial charge is 0.497 e. The molecule has 0 aliphatic carbocycles. The Balaban J connectivity index is 3.87. The van der Waals surface area contributed by atoms with Crippen LogP contribution in [0.2, 0.25) is 0 Å². The van der Waals surface area contributed by atoms with Gasteiger partial charge in [0.2, 0.25) is 0 Å². The van der Waals surface area contributed by atoms with E-state index in [1.54, 1.807) is 13.0 Å². The zero-order valence-electron chi connectivity index (χ0n) is 8.43. The van der Waals surface area contributed by atoms with Crippen LogP contribution in [-0.2, 0) is 4.74 Å². The van der Waals surface area contributed by atoms with E-state index >= 15 is 0 Å². The summed E-state index contributed by atoms with van der Waals surface area (Å²) in [6.07, 6.45) is 2.33. The molecule has 0 unspecified atom stereocenters. The van der Waals surface area contributed by atoms with Crippen molar-refractivity contribution in [3.8, 4) is 6.07 Å². The first-order chi connectivity index (χ1) is 5.99. The smallest absolute Gasteiger partial charge is 0.112 e. The highest BCUT2D eigenvalue weighted by Crippen LogP contribution is 2.20. The summed E-state index contributed by atoms with van der Waals surface area (Å²) in [5, 5.41) is 8.26. The molecule has 0 aliphatic rings. The number of nitrogens with zero attached hydrogens (tertiary/aromatic N) is 1. The maximum Gasteiger partial charge on any atom is 0.112 e. The number of rotatable bonds is 5. The van der Waals surface area contributed by atoms with Gasteiger partial charge in [-0.2, -0.15) is 5.26 Å². The van der Waals surface area contributed by atoms with E-state index in [0.717, 1.165) is 0 Å². The molecule has 0 bridgehead atoms. The summed E-state index contributed by atoms with van der Waals surface area (Å²) in [5.74, 6) is 0.614. The lowest BCUT2D eigenvalue weighted by atomic mass is 10.1. The second-order valence-corrected chi connectivity index (χ2v) is 3.41. The number of alkyl halides is 1. The highest BCUT2D eigenvalue weighted by Gasteiger charge is 2.18. The van der Waals surface area contributed by atoms with Crippen LogP contribution in [0.15, 0.2) is 11.8 Å². The van der Waals surface area contributed by atoms with Crippen molar-refractivity contribution in [1.29, 1.82) is 5.26 Å². The second-order valence-electron chi connectivity index (χ2n) is 3.41. The van der Waals surface area contributed by atoms with Crippen LogP contribution in [0.1, 0.15) is 33.6 Å². The highest BCUT2D eigenvalue weighted by molar-refractivity contribution is 4.95. The molecule has 0 amide bonds. The van der Waals surface area contributed by atoms with Gasteiger partial charge in [-0.3, -0.25) is 0 Å². The van der Waals surface area contributed by atoms with Crippen molar-refractivity contribution < 1.29 is 9.13 Å². The molecule has 3 heteroatoms. The number of nitriles is 1. The summed E-state index contributed by atoms with van der Waals surface area (Å²) in [6.45, 7) is 5.15. The minimum absolute atomic E-state index is 0.259. The maximum atomic E-state index is 13.1. The molecule has 13 heavy (non-hydrogen) atoms. The van der Waals surface area contributed by atoms with Gasteiger partial charge in [0.1, 0.15) is 12.3 Å². The lowest BCUT2D eigenvalue weighted by Gasteiger charge is -2.16. The maximum absolute atomic E-state index is 13.1. The van der Waals surface area contributed by atoms with E-state index in [1.165, 1.54) is 13.8 Å². The summed E-state index contributed by atoms with van der Waals surface area (Å²) in [4.78, 5) is 0.